The fourth-order valence-corrected chi connectivity index (χ4v) is 12.4. The monoisotopic (exact) mass is 1010 g/mol. The van der Waals surface area contributed by atoms with E-state index in [4.69, 9.17) is 31.2 Å². The van der Waals surface area contributed by atoms with Crippen molar-refractivity contribution in [3.8, 4) is 23.0 Å². The number of carbonyl (C=O) groups excluding carboxylic acids is 3. The molecule has 5 aromatic rings. The predicted molar refractivity (Wildman–Crippen MR) is 275 cm³/mol. The highest BCUT2D eigenvalue weighted by atomic mass is 32.2. The van der Waals surface area contributed by atoms with E-state index < -0.39 is 49.2 Å². The lowest BCUT2D eigenvalue weighted by Gasteiger charge is -2.49. The Bertz CT molecular complexity index is 2810. The Morgan fingerprint density at radius 1 is 0.831 bits per heavy atom. The summed E-state index contributed by atoms with van der Waals surface area (Å²) in [4.78, 5) is 50.1. The molecule has 3 amide bonds. The molecule has 1 aromatic heterocycles. The molecule has 71 heavy (non-hydrogen) atoms. The maximum Gasteiger partial charge on any atom is 0.267 e. The van der Waals surface area contributed by atoms with Crippen LogP contribution in [0.1, 0.15) is 82.9 Å². The molecule has 0 saturated carbocycles. The van der Waals surface area contributed by atoms with E-state index in [9.17, 15) is 23.2 Å². The maximum atomic E-state index is 14.8. The summed E-state index contributed by atoms with van der Waals surface area (Å²) in [6.45, 7) is 3.59. The van der Waals surface area contributed by atoms with E-state index in [2.05, 4.69) is 56.6 Å². The van der Waals surface area contributed by atoms with Gasteiger partial charge in [0.2, 0.25) is 11.8 Å². The zero-order valence-electron chi connectivity index (χ0n) is 40.7. The van der Waals surface area contributed by atoms with E-state index >= 15 is 0 Å². The van der Waals surface area contributed by atoms with Crippen molar-refractivity contribution in [3.63, 3.8) is 0 Å². The number of nitrogens with zero attached hydrogens (tertiary/aromatic N) is 4. The largest absolute Gasteiger partial charge is 0.493 e. The Morgan fingerprint density at radius 3 is 2.20 bits per heavy atom. The number of amides is 3. The second-order valence-corrected chi connectivity index (χ2v) is 20.4. The van der Waals surface area contributed by atoms with Crippen LogP contribution in [0.3, 0.4) is 0 Å². The van der Waals surface area contributed by atoms with Gasteiger partial charge in [-0.15, -0.1) is 0 Å². The maximum absolute atomic E-state index is 14.8. The number of piperidine rings is 1. The number of rotatable bonds is 14. The van der Waals surface area contributed by atoms with E-state index in [-0.39, 0.29) is 12.1 Å². The Labute approximate surface area is 422 Å². The highest BCUT2D eigenvalue weighted by Gasteiger charge is 2.50. The van der Waals surface area contributed by atoms with Crippen molar-refractivity contribution in [1.29, 1.82) is 0 Å². The first-order chi connectivity index (χ1) is 34.3. The van der Waals surface area contributed by atoms with Gasteiger partial charge in [0.25, 0.3) is 11.8 Å². The number of pyridine rings is 1. The van der Waals surface area contributed by atoms with E-state index in [1.165, 1.54) is 34.5 Å². The van der Waals surface area contributed by atoms with Crippen molar-refractivity contribution in [2.24, 2.45) is 11.8 Å². The van der Waals surface area contributed by atoms with Crippen LogP contribution in [0.15, 0.2) is 85.1 Å². The number of benzene rings is 4. The first kappa shape index (κ1) is 49.9. The third-order valence-corrected chi connectivity index (χ3v) is 16.4. The number of ether oxygens (including phenoxy) is 4. The van der Waals surface area contributed by atoms with Gasteiger partial charge in [-0.25, -0.2) is 8.78 Å². The van der Waals surface area contributed by atoms with Crippen LogP contribution in [0, 0.1) is 11.8 Å². The van der Waals surface area contributed by atoms with Crippen molar-refractivity contribution in [2.45, 2.75) is 75.2 Å². The predicted octanol–water partition coefficient (Wildman–Crippen LogP) is 9.03. The van der Waals surface area contributed by atoms with Gasteiger partial charge in [0, 0.05) is 55.1 Å². The fourth-order valence-electron chi connectivity index (χ4n) is 11.1. The van der Waals surface area contributed by atoms with E-state index in [1.54, 1.807) is 76.6 Å². The van der Waals surface area contributed by atoms with Gasteiger partial charge >= 0.3 is 0 Å². The standard InChI is InChI=1S/C54H60F2N6O7S2/c1-6-33-29-60-19-16-34-23-46(66-2)48(68-4)25-40(34)43(60)21-36(33)22-44-41-26-49(69-5)47(67-3)24-35(41)17-20-61(44)53(70)71-30-32-11-13-37(14-12-32)59-52(65)45-27-54(55,56)31-62(45)50(63)28-58-51(64)39-15-18-57-42-10-8-7-9-38(39)42/h7-15,18,23-26,33,36,43-45H,6,16-17,19-22,27-31H2,1-5H3,(H,58,64)(H,59,65). The average molecular weight is 1010 g/mol. The Hall–Kier alpha value is -6.04. The van der Waals surface area contributed by atoms with Crippen LogP contribution in [-0.2, 0) is 28.2 Å². The number of carbonyl (C=O) groups is 3. The Kier molecular flexibility index (Phi) is 15.0. The van der Waals surface area contributed by atoms with Crippen LogP contribution in [0.5, 0.6) is 23.0 Å². The number of alkyl halides is 2. The molecule has 0 radical (unpaired) electrons. The topological polar surface area (TPSA) is 135 Å². The van der Waals surface area contributed by atoms with Crippen molar-refractivity contribution < 1.29 is 42.1 Å². The van der Waals surface area contributed by atoms with Crippen molar-refractivity contribution in [1.82, 2.24) is 25.0 Å². The number of anilines is 1. The summed E-state index contributed by atoms with van der Waals surface area (Å²) >= 11 is 7.89. The zero-order valence-corrected chi connectivity index (χ0v) is 42.3. The molecule has 374 valence electrons. The molecule has 0 spiro atoms. The fraction of sp³-hybridized carbons (Fsp3) is 0.426. The number of hydrogen-bond acceptors (Lipinski definition) is 11. The Morgan fingerprint density at radius 2 is 1.49 bits per heavy atom. The van der Waals surface area contributed by atoms with Gasteiger partial charge in [-0.2, -0.15) is 0 Å². The second kappa shape index (κ2) is 21.4. The van der Waals surface area contributed by atoms with Crippen LogP contribution in [0.2, 0.25) is 0 Å². The summed E-state index contributed by atoms with van der Waals surface area (Å²) in [6.07, 6.45) is 5.42. The normalized spacial score (nSPS) is 21.4. The third-order valence-electron chi connectivity index (χ3n) is 14.8. The number of likely N-dealkylation sites (tertiary alicyclic amines) is 1. The lowest BCUT2D eigenvalue weighted by atomic mass is 9.72. The number of thioether (sulfide) groups is 1. The minimum Gasteiger partial charge on any atom is -0.493 e. The van der Waals surface area contributed by atoms with Crippen LogP contribution >= 0.6 is 24.0 Å². The van der Waals surface area contributed by atoms with Gasteiger partial charge in [-0.1, -0.05) is 67.7 Å². The smallest absolute Gasteiger partial charge is 0.267 e. The van der Waals surface area contributed by atoms with Gasteiger partial charge in [0.1, 0.15) is 10.4 Å². The van der Waals surface area contributed by atoms with Crippen LogP contribution in [0.25, 0.3) is 10.9 Å². The summed E-state index contributed by atoms with van der Waals surface area (Å²) < 4.78 is 53.6. The average Bonchev–Trinajstić information content (AvgIpc) is 3.73. The summed E-state index contributed by atoms with van der Waals surface area (Å²) in [6, 6.07) is 23.2. The van der Waals surface area contributed by atoms with Gasteiger partial charge in [-0.05, 0) is 114 Å². The molecule has 2 fully saturated rings. The lowest BCUT2D eigenvalue weighted by Crippen LogP contribution is -2.47. The molecule has 5 unspecified atom stereocenters. The minimum absolute atomic E-state index is 0.00245. The minimum atomic E-state index is -3.28. The van der Waals surface area contributed by atoms with Crippen LogP contribution in [-0.4, -0.2) is 115 Å². The molecular formula is C54H60F2N6O7S2. The number of fused-ring (bicyclic) bond motifs is 5. The van der Waals surface area contributed by atoms with Crippen LogP contribution in [0.4, 0.5) is 14.5 Å². The summed E-state index contributed by atoms with van der Waals surface area (Å²) in [7, 11) is 6.72. The van der Waals surface area contributed by atoms with Gasteiger partial charge in [-0.3, -0.25) is 24.3 Å². The second-order valence-electron chi connectivity index (χ2n) is 18.8. The molecule has 0 aliphatic carbocycles. The number of thiocarbonyl (C=S) groups is 1. The Balaban J connectivity index is 0.865. The van der Waals surface area contributed by atoms with E-state index in [0.29, 0.717) is 51.2 Å². The summed E-state index contributed by atoms with van der Waals surface area (Å²) in [5.41, 5.74) is 7.33. The molecule has 4 aliphatic heterocycles. The summed E-state index contributed by atoms with van der Waals surface area (Å²) in [5, 5.41) is 5.87. The van der Waals surface area contributed by atoms with Crippen molar-refractivity contribution in [2.75, 3.05) is 66.5 Å². The van der Waals surface area contributed by atoms with Gasteiger partial charge < -0.3 is 39.4 Å². The molecule has 0 bridgehead atoms. The molecule has 13 nitrogen and oxygen atoms in total. The van der Waals surface area contributed by atoms with Crippen LogP contribution < -0.4 is 29.6 Å². The zero-order chi connectivity index (χ0) is 50.0. The number of nitrogens with one attached hydrogen (secondary N) is 2. The lowest BCUT2D eigenvalue weighted by molar-refractivity contribution is -0.136. The number of halogens is 2. The van der Waals surface area contributed by atoms with Gasteiger partial charge in [0.15, 0.2) is 23.0 Å². The first-order valence-corrected chi connectivity index (χ1v) is 25.6. The number of aromatic nitrogens is 1. The molecule has 17 heteroatoms. The molecule has 2 N–H and O–H groups in total. The van der Waals surface area contributed by atoms with E-state index in [1.807, 2.05) is 12.1 Å². The highest BCUT2D eigenvalue weighted by Crippen LogP contribution is 2.50. The molecule has 4 aromatic carbocycles. The van der Waals surface area contributed by atoms with Crippen molar-refractivity contribution >= 4 is 62.6 Å². The van der Waals surface area contributed by atoms with Crippen molar-refractivity contribution in [3.05, 3.63) is 118 Å². The molecule has 9 rings (SSSR count). The third kappa shape index (κ3) is 10.5. The molecular weight excluding hydrogens is 947 g/mol. The SMILES string of the molecule is CCC1CN2CCc3cc(OC)c(OC)cc3C2CC1CC1c2cc(OC)c(OC)cc2CCN1C(=S)SCc1ccc(NC(=O)C2CC(F)(F)CN2C(=O)CNC(=O)c2ccnc3ccccc23)cc1. The quantitative estimate of drug-likeness (QED) is 0.103. The molecule has 2 saturated heterocycles. The van der Waals surface area contributed by atoms with Gasteiger partial charge in [0.05, 0.1) is 58.7 Å². The molecule has 4 aliphatic rings. The molecule has 5 heterocycles. The molecule has 5 atom stereocenters. The number of para-hydroxylation sites is 1. The number of methoxy groups -OCH3 is 4. The van der Waals surface area contributed by atoms with E-state index in [0.717, 1.165) is 78.0 Å². The first-order valence-electron chi connectivity index (χ1n) is 24.2. The number of hydrogen-bond donors (Lipinski definition) is 2. The highest BCUT2D eigenvalue weighted by molar-refractivity contribution is 8.22. The summed E-state index contributed by atoms with van der Waals surface area (Å²) in [5.74, 6) is -0.974.